The highest BCUT2D eigenvalue weighted by atomic mass is 19.3. The highest BCUT2D eigenvalue weighted by Gasteiger charge is 2.69. The Bertz CT molecular complexity index is 2490. The molecule has 0 saturated carbocycles. The van der Waals surface area contributed by atoms with Crippen molar-refractivity contribution in [1.82, 2.24) is 0 Å². The zero-order valence-electron chi connectivity index (χ0n) is 48.7. The summed E-state index contributed by atoms with van der Waals surface area (Å²) < 4.78 is 299. The third kappa shape index (κ3) is 68.4. The molecular weight excluding hydrogens is 1500 g/mol. The van der Waals surface area contributed by atoms with Gasteiger partial charge in [0.1, 0.15) is 13.2 Å². The van der Waals surface area contributed by atoms with E-state index in [2.05, 4.69) is 124 Å². The van der Waals surface area contributed by atoms with Crippen LogP contribution in [0.25, 0.3) is 0 Å². The summed E-state index contributed by atoms with van der Waals surface area (Å²) in [6.45, 7) is 14.4. The fourth-order valence-electron chi connectivity index (χ4n) is 3.92. The third-order valence-electron chi connectivity index (χ3n) is 8.30. The summed E-state index contributed by atoms with van der Waals surface area (Å²) in [5, 5.41) is 0. The van der Waals surface area contributed by atoms with E-state index in [1.165, 1.54) is 27.7 Å². The van der Waals surface area contributed by atoms with Crippen LogP contribution < -0.4 is 0 Å². The van der Waals surface area contributed by atoms with Crippen LogP contribution in [0.2, 0.25) is 0 Å². The molecule has 0 aliphatic rings. The zero-order chi connectivity index (χ0) is 72.8. The van der Waals surface area contributed by atoms with E-state index in [0.29, 0.717) is 12.2 Å². The second-order valence-corrected chi connectivity index (χ2v) is 17.5. The van der Waals surface area contributed by atoms with E-state index >= 15 is 0 Å². The standard InChI is InChI=1S/C24H30F4O11.C15H14F10O7.C12H14F4O5.15CH4/c1-13(2)17(29)36-21(37-18(30)14(3)4)33-11-23(25,26)9-10-35-24(27,28)12-34-22(38-19(31)15(5)6)39-20(32)16(7)8;1-7(2)9(26)28-5-11(16,17)30-13(20,21)14(22,23)32-15(24,25)31-12(18,19)6-29-10(27)8(3)4;1-3-9(17)19-7-11(13,14)5-6-21-12(15,16)8-20-10(18)4-2;;;;;;;;;;;;;;;/h21-22H,1,3,5,7,9-12H2,2,4,6,8H3;1,3,5-6H2,2,4H3;3-4H,1-2,5-8H2;15*1H4. The Balaban J connectivity index is -0.0000000670. The normalized spacial score (nSPS) is 10.5. The molecule has 0 N–H and O–H groups in total. The summed E-state index contributed by atoms with van der Waals surface area (Å²) in [6, 6.07) is 0. The van der Waals surface area contributed by atoms with Gasteiger partial charge in [0.05, 0.1) is 13.2 Å². The van der Waals surface area contributed by atoms with E-state index in [1.807, 2.05) is 0 Å². The van der Waals surface area contributed by atoms with Gasteiger partial charge in [-0.3, -0.25) is 0 Å². The van der Waals surface area contributed by atoms with Gasteiger partial charge < -0.3 is 56.8 Å². The van der Waals surface area contributed by atoms with Gasteiger partial charge in [-0.15, -0.1) is 8.78 Å². The molecule has 41 heteroatoms. The van der Waals surface area contributed by atoms with Crippen molar-refractivity contribution in [2.75, 3.05) is 52.9 Å². The zero-order valence-corrected chi connectivity index (χ0v) is 48.7. The number of alkyl halides is 18. The Hall–Kier alpha value is -7.86. The van der Waals surface area contributed by atoms with Gasteiger partial charge in [-0.05, 0) is 41.5 Å². The molecule has 0 aliphatic heterocycles. The molecule has 0 aromatic heterocycles. The van der Waals surface area contributed by atoms with Gasteiger partial charge in [0.25, 0.3) is 11.8 Å². The van der Waals surface area contributed by atoms with E-state index in [0.717, 1.165) is 13.8 Å². The molecule has 0 spiro atoms. The van der Waals surface area contributed by atoms with Crippen LogP contribution in [-0.4, -0.2) is 168 Å². The van der Waals surface area contributed by atoms with Gasteiger partial charge in [0, 0.05) is 58.4 Å². The number of ether oxygens (including phenoxy) is 15. The molecule has 0 aromatic rings. The number of halogens is 18. The first-order chi connectivity index (χ1) is 41.4. The molecule has 646 valence electrons. The number of rotatable bonds is 41. The molecule has 0 fully saturated rings. The minimum atomic E-state index is -6.71. The Morgan fingerprint density at radius 1 is 0.308 bits per heavy atom. The molecule has 0 atom stereocenters. The second kappa shape index (κ2) is 63.1. The maximum absolute atomic E-state index is 14.2. The smallest absolute Gasteiger partial charge is 0.456 e. The summed E-state index contributed by atoms with van der Waals surface area (Å²) >= 11 is 0. The molecule has 0 unspecified atom stereocenters. The number of carbonyl (C=O) groups is 8. The largest absolute Gasteiger partial charge is 0.495 e. The van der Waals surface area contributed by atoms with Crippen LogP contribution in [0.5, 0.6) is 0 Å². The lowest BCUT2D eigenvalue weighted by atomic mass is 10.2. The van der Waals surface area contributed by atoms with Crippen LogP contribution >= 0.6 is 0 Å². The van der Waals surface area contributed by atoms with Crippen molar-refractivity contribution in [2.45, 2.75) is 234 Å². The van der Waals surface area contributed by atoms with Crippen molar-refractivity contribution < 1.29 is 188 Å². The fourth-order valence-corrected chi connectivity index (χ4v) is 3.92. The maximum atomic E-state index is 14.2. The molecule has 0 rings (SSSR count). The van der Waals surface area contributed by atoms with Crippen molar-refractivity contribution in [3.05, 3.63) is 98.2 Å². The lowest BCUT2D eigenvalue weighted by molar-refractivity contribution is -0.566. The van der Waals surface area contributed by atoms with E-state index in [4.69, 9.17) is 0 Å². The van der Waals surface area contributed by atoms with Gasteiger partial charge >= 0.3 is 104 Å². The summed E-state index contributed by atoms with van der Waals surface area (Å²) in [6.07, 6.45) is -39.4. The molecule has 23 nitrogen and oxygen atoms in total. The van der Waals surface area contributed by atoms with E-state index < -0.39 is 192 Å². The number of carbonyl (C=O) groups excluding carboxylic acids is 8. The lowest BCUT2D eigenvalue weighted by Gasteiger charge is -2.31. The number of hydrogen-bond donors (Lipinski definition) is 0. The molecule has 0 saturated heterocycles. The first-order valence-corrected chi connectivity index (χ1v) is 24.1. The van der Waals surface area contributed by atoms with E-state index in [-0.39, 0.29) is 134 Å². The van der Waals surface area contributed by atoms with Crippen molar-refractivity contribution in [2.24, 2.45) is 0 Å². The average molecular weight is 1620 g/mol. The molecule has 0 bridgehead atoms. The van der Waals surface area contributed by atoms with Crippen LogP contribution in [0.3, 0.4) is 0 Å². The fraction of sp³-hybridized carbons (Fsp3) is 0.636. The molecule has 0 aromatic carbocycles. The van der Waals surface area contributed by atoms with Crippen LogP contribution in [0.15, 0.2) is 98.2 Å². The Morgan fingerprint density at radius 2 is 0.542 bits per heavy atom. The molecule has 107 heavy (non-hydrogen) atoms. The summed E-state index contributed by atoms with van der Waals surface area (Å²) in [4.78, 5) is 89.4. The van der Waals surface area contributed by atoms with E-state index in [1.54, 1.807) is 0 Å². The minimum absolute atomic E-state index is 0. The van der Waals surface area contributed by atoms with Gasteiger partial charge in [0.2, 0.25) is 0 Å². The summed E-state index contributed by atoms with van der Waals surface area (Å²) in [5.41, 5.74) is -1.66. The SMILES string of the molecule is C.C.C.C.C.C.C.C.C.C.C.C.C.C.C.C=C(C)C(=O)OC(OCC(F)(F)CCOC(F)(F)COC(OC(=O)C(=C)C)OC(=O)C(=C)C)OC(=O)C(=C)C.C=C(C)C(=O)OCC(F)(F)OC(F)(F)OC(F)(F)C(F)(F)OC(F)(F)COC(=O)C(=C)C.C=CC(=O)OCC(F)(F)CCOC(F)(F)COC(=O)C=C. The Kier molecular flexibility index (Phi) is 85.5. The monoisotopic (exact) mass is 1620 g/mol. The van der Waals surface area contributed by atoms with E-state index in [9.17, 15) is 117 Å². The van der Waals surface area contributed by atoms with Crippen LogP contribution in [0, 0.1) is 0 Å². The molecule has 0 heterocycles. The first-order valence-electron chi connectivity index (χ1n) is 24.1. The van der Waals surface area contributed by atoms with Crippen molar-refractivity contribution >= 4 is 47.8 Å². The van der Waals surface area contributed by atoms with Gasteiger partial charge in [0.15, 0.2) is 26.4 Å². The average Bonchev–Trinajstić information content (AvgIpc) is 0.784. The highest BCUT2D eigenvalue weighted by molar-refractivity contribution is 5.90. The summed E-state index contributed by atoms with van der Waals surface area (Å²) in [7, 11) is 0. The van der Waals surface area contributed by atoms with Crippen LogP contribution in [0.1, 0.15) is 166 Å². The lowest BCUT2D eigenvalue weighted by Crippen LogP contribution is -2.54. The molecule has 0 radical (unpaired) electrons. The van der Waals surface area contributed by atoms with Gasteiger partial charge in [-0.2, -0.15) is 52.7 Å². The molecular formula is C66H118F18O23. The van der Waals surface area contributed by atoms with Crippen LogP contribution in [-0.2, 0) is 109 Å². The van der Waals surface area contributed by atoms with Gasteiger partial charge in [-0.25, -0.2) is 70.1 Å². The Morgan fingerprint density at radius 3 is 0.822 bits per heavy atom. The first kappa shape index (κ1) is 145. The minimum Gasteiger partial charge on any atom is -0.456 e. The predicted molar refractivity (Wildman–Crippen MR) is 367 cm³/mol. The Labute approximate surface area is 619 Å². The number of hydrogen-bond acceptors (Lipinski definition) is 23. The summed E-state index contributed by atoms with van der Waals surface area (Å²) in [5.74, 6) is -17.2. The van der Waals surface area contributed by atoms with Gasteiger partial charge in [-0.1, -0.05) is 164 Å². The topological polar surface area (TPSA) is 275 Å². The van der Waals surface area contributed by atoms with Crippen molar-refractivity contribution in [3.8, 4) is 0 Å². The molecule has 0 amide bonds. The number of esters is 8. The van der Waals surface area contributed by atoms with Crippen LogP contribution in [0.4, 0.5) is 79.0 Å². The second-order valence-electron chi connectivity index (χ2n) is 17.5. The predicted octanol–water partition coefficient (Wildman–Crippen LogP) is 19.5. The quantitative estimate of drug-likeness (QED) is 0.0181. The third-order valence-corrected chi connectivity index (χ3v) is 8.30. The molecule has 0 aliphatic carbocycles. The van der Waals surface area contributed by atoms with Crippen molar-refractivity contribution in [3.63, 3.8) is 0 Å². The maximum Gasteiger partial charge on any atom is 0.495 e. The highest BCUT2D eigenvalue weighted by Crippen LogP contribution is 2.45. The van der Waals surface area contributed by atoms with Crippen molar-refractivity contribution in [1.29, 1.82) is 0 Å².